The Bertz CT molecular complexity index is 547. The number of nitrogens with two attached hydrogens (primary N) is 1. The summed E-state index contributed by atoms with van der Waals surface area (Å²) >= 11 is 0. The third-order valence-electron chi connectivity index (χ3n) is 2.60. The van der Waals surface area contributed by atoms with Crippen molar-refractivity contribution in [2.75, 3.05) is 11.1 Å². The highest BCUT2D eigenvalue weighted by atomic mass is 19.1. The predicted octanol–water partition coefficient (Wildman–Crippen LogP) is 3.47. The molecule has 0 unspecified atom stereocenters. The molecule has 94 valence electrons. The molecule has 0 radical (unpaired) electrons. The van der Waals surface area contributed by atoms with E-state index < -0.39 is 11.6 Å². The van der Waals surface area contributed by atoms with Crippen molar-refractivity contribution in [3.8, 4) is 0 Å². The van der Waals surface area contributed by atoms with Crippen LogP contribution in [-0.2, 0) is 6.54 Å². The standard InChI is InChI=1S/C14H14F2N2/c1-9-4-12(17)7-13(5-9)18-8-10-2-3-11(15)6-14(10)16/h2-7,18H,8,17H2,1H3. The molecule has 3 N–H and O–H groups in total. The first-order chi connectivity index (χ1) is 8.54. The van der Waals surface area contributed by atoms with Crippen molar-refractivity contribution in [3.63, 3.8) is 0 Å². The van der Waals surface area contributed by atoms with E-state index in [9.17, 15) is 8.78 Å². The topological polar surface area (TPSA) is 38.0 Å². The zero-order chi connectivity index (χ0) is 13.1. The minimum atomic E-state index is -0.573. The van der Waals surface area contributed by atoms with Gasteiger partial charge in [0.1, 0.15) is 11.6 Å². The average molecular weight is 248 g/mol. The van der Waals surface area contributed by atoms with E-state index in [4.69, 9.17) is 5.73 Å². The molecule has 4 heteroatoms. The van der Waals surface area contributed by atoms with Crippen LogP contribution >= 0.6 is 0 Å². The summed E-state index contributed by atoms with van der Waals surface area (Å²) in [5.41, 5.74) is 8.62. The van der Waals surface area contributed by atoms with Crippen LogP contribution in [0.5, 0.6) is 0 Å². The molecule has 2 aromatic carbocycles. The molecule has 0 aliphatic heterocycles. The minimum absolute atomic E-state index is 0.287. The smallest absolute Gasteiger partial charge is 0.131 e. The summed E-state index contributed by atoms with van der Waals surface area (Å²) in [6, 6.07) is 9.08. The van der Waals surface area contributed by atoms with Gasteiger partial charge in [-0.1, -0.05) is 6.07 Å². The van der Waals surface area contributed by atoms with Crippen molar-refractivity contribution in [3.05, 3.63) is 59.2 Å². The summed E-state index contributed by atoms with van der Waals surface area (Å²) in [5, 5.41) is 3.06. The first-order valence-corrected chi connectivity index (χ1v) is 5.59. The van der Waals surface area contributed by atoms with Crippen LogP contribution in [-0.4, -0.2) is 0 Å². The molecule has 0 spiro atoms. The van der Waals surface area contributed by atoms with Crippen LogP contribution in [0.25, 0.3) is 0 Å². The first kappa shape index (κ1) is 12.4. The maximum absolute atomic E-state index is 13.4. The number of benzene rings is 2. The summed E-state index contributed by atoms with van der Waals surface area (Å²) in [6.45, 7) is 2.22. The Labute approximate surface area is 104 Å². The highest BCUT2D eigenvalue weighted by molar-refractivity contribution is 5.56. The number of hydrogen-bond acceptors (Lipinski definition) is 2. The lowest BCUT2D eigenvalue weighted by molar-refractivity contribution is 0.574. The van der Waals surface area contributed by atoms with Gasteiger partial charge in [-0.25, -0.2) is 8.78 Å². The second-order valence-electron chi connectivity index (χ2n) is 4.22. The van der Waals surface area contributed by atoms with E-state index in [1.54, 1.807) is 6.07 Å². The van der Waals surface area contributed by atoms with Crippen molar-refractivity contribution in [2.24, 2.45) is 0 Å². The third-order valence-corrected chi connectivity index (χ3v) is 2.60. The number of halogens is 2. The van der Waals surface area contributed by atoms with E-state index in [0.29, 0.717) is 11.3 Å². The van der Waals surface area contributed by atoms with Crippen LogP contribution in [0.1, 0.15) is 11.1 Å². The van der Waals surface area contributed by atoms with Crippen molar-refractivity contribution >= 4 is 11.4 Å². The molecule has 18 heavy (non-hydrogen) atoms. The van der Waals surface area contributed by atoms with Gasteiger partial charge in [0, 0.05) is 29.5 Å². The van der Waals surface area contributed by atoms with Crippen LogP contribution in [0, 0.1) is 18.6 Å². The quantitative estimate of drug-likeness (QED) is 0.816. The second-order valence-corrected chi connectivity index (χ2v) is 4.22. The number of nitrogen functional groups attached to an aromatic ring is 1. The van der Waals surface area contributed by atoms with Crippen LogP contribution in [0.3, 0.4) is 0 Å². The highest BCUT2D eigenvalue weighted by Gasteiger charge is 2.03. The second kappa shape index (κ2) is 5.04. The maximum Gasteiger partial charge on any atom is 0.131 e. The molecule has 0 aliphatic rings. The van der Waals surface area contributed by atoms with Gasteiger partial charge in [0.15, 0.2) is 0 Å². The molecule has 0 heterocycles. The van der Waals surface area contributed by atoms with E-state index in [1.807, 2.05) is 19.1 Å². The van der Waals surface area contributed by atoms with E-state index >= 15 is 0 Å². The zero-order valence-corrected chi connectivity index (χ0v) is 10.0. The molecule has 0 saturated carbocycles. The summed E-state index contributed by atoms with van der Waals surface area (Å²) in [4.78, 5) is 0. The van der Waals surface area contributed by atoms with Gasteiger partial charge in [-0.2, -0.15) is 0 Å². The van der Waals surface area contributed by atoms with Gasteiger partial charge in [0.2, 0.25) is 0 Å². The lowest BCUT2D eigenvalue weighted by Gasteiger charge is -2.09. The summed E-state index contributed by atoms with van der Waals surface area (Å²) in [7, 11) is 0. The Hall–Kier alpha value is -2.10. The van der Waals surface area contributed by atoms with Gasteiger partial charge in [-0.3, -0.25) is 0 Å². The van der Waals surface area contributed by atoms with Crippen molar-refractivity contribution in [1.82, 2.24) is 0 Å². The van der Waals surface area contributed by atoms with E-state index in [2.05, 4.69) is 5.32 Å². The largest absolute Gasteiger partial charge is 0.399 e. The lowest BCUT2D eigenvalue weighted by atomic mass is 10.1. The van der Waals surface area contributed by atoms with E-state index in [0.717, 1.165) is 17.3 Å². The molecule has 0 atom stereocenters. The van der Waals surface area contributed by atoms with Crippen LogP contribution in [0.4, 0.5) is 20.2 Å². The highest BCUT2D eigenvalue weighted by Crippen LogP contribution is 2.17. The summed E-state index contributed by atoms with van der Waals surface area (Å²) in [5.74, 6) is -1.13. The Morgan fingerprint density at radius 3 is 2.56 bits per heavy atom. The van der Waals surface area contributed by atoms with E-state index in [-0.39, 0.29) is 6.54 Å². The fourth-order valence-corrected chi connectivity index (χ4v) is 1.78. The monoisotopic (exact) mass is 248 g/mol. The third kappa shape index (κ3) is 2.97. The van der Waals surface area contributed by atoms with E-state index in [1.165, 1.54) is 12.1 Å². The van der Waals surface area contributed by atoms with Crippen LogP contribution in [0.15, 0.2) is 36.4 Å². The number of aryl methyl sites for hydroxylation is 1. The maximum atomic E-state index is 13.4. The van der Waals surface area contributed by atoms with Crippen LogP contribution < -0.4 is 11.1 Å². The van der Waals surface area contributed by atoms with Gasteiger partial charge in [0.25, 0.3) is 0 Å². The molecule has 0 amide bonds. The zero-order valence-electron chi connectivity index (χ0n) is 10.0. The Morgan fingerprint density at radius 1 is 1.11 bits per heavy atom. The Morgan fingerprint density at radius 2 is 1.89 bits per heavy atom. The number of rotatable bonds is 3. The lowest BCUT2D eigenvalue weighted by Crippen LogP contribution is -2.03. The molecule has 0 aromatic heterocycles. The van der Waals surface area contributed by atoms with Crippen molar-refractivity contribution < 1.29 is 8.78 Å². The SMILES string of the molecule is Cc1cc(N)cc(NCc2ccc(F)cc2F)c1. The first-order valence-electron chi connectivity index (χ1n) is 5.59. The Kier molecular flexibility index (Phi) is 3.46. The predicted molar refractivity (Wildman–Crippen MR) is 69.3 cm³/mol. The molecule has 0 bridgehead atoms. The summed E-state index contributed by atoms with van der Waals surface area (Å²) in [6.07, 6.45) is 0. The Balaban J connectivity index is 2.11. The number of hydrogen-bond donors (Lipinski definition) is 2. The van der Waals surface area contributed by atoms with Gasteiger partial charge in [-0.05, 0) is 36.8 Å². The molecular formula is C14H14F2N2. The molecular weight excluding hydrogens is 234 g/mol. The number of nitrogens with one attached hydrogen (secondary N) is 1. The number of anilines is 2. The summed E-state index contributed by atoms with van der Waals surface area (Å²) < 4.78 is 26.1. The minimum Gasteiger partial charge on any atom is -0.399 e. The molecule has 0 saturated heterocycles. The fraction of sp³-hybridized carbons (Fsp3) is 0.143. The molecule has 2 aromatic rings. The van der Waals surface area contributed by atoms with Gasteiger partial charge in [-0.15, -0.1) is 0 Å². The van der Waals surface area contributed by atoms with Gasteiger partial charge >= 0.3 is 0 Å². The normalized spacial score (nSPS) is 10.4. The molecule has 0 aliphatic carbocycles. The average Bonchev–Trinajstić information content (AvgIpc) is 2.26. The van der Waals surface area contributed by atoms with Gasteiger partial charge < -0.3 is 11.1 Å². The molecule has 2 rings (SSSR count). The molecule has 2 nitrogen and oxygen atoms in total. The van der Waals surface area contributed by atoms with Crippen molar-refractivity contribution in [2.45, 2.75) is 13.5 Å². The van der Waals surface area contributed by atoms with Crippen molar-refractivity contribution in [1.29, 1.82) is 0 Å². The molecule has 0 fully saturated rings. The fourth-order valence-electron chi connectivity index (χ4n) is 1.78. The van der Waals surface area contributed by atoms with Gasteiger partial charge in [0.05, 0.1) is 0 Å². The van der Waals surface area contributed by atoms with Crippen LogP contribution in [0.2, 0.25) is 0 Å².